The standard InChI is InChI=1S/C47H88O6/c1-4-7-10-13-16-19-21-23-25-28-31-34-37-40-46(49)52-43-44(42-51-45(48)39-36-33-30-27-18-15-12-9-6-3)53-47(50)41-38-35-32-29-26-24-22-20-17-14-11-8-5-2/h19,21,44H,4-18,20,22-43H2,1-3H3/b21-19-/t44-/m1/s1. The van der Waals surface area contributed by atoms with E-state index in [1.807, 2.05) is 0 Å². The van der Waals surface area contributed by atoms with E-state index in [1.165, 1.54) is 148 Å². The highest BCUT2D eigenvalue weighted by Gasteiger charge is 2.19. The number of allylic oxidation sites excluding steroid dienone is 2. The van der Waals surface area contributed by atoms with Crippen LogP contribution in [0.4, 0.5) is 0 Å². The average Bonchev–Trinajstić information content (AvgIpc) is 3.15. The number of hydrogen-bond acceptors (Lipinski definition) is 6. The highest BCUT2D eigenvalue weighted by atomic mass is 16.6. The minimum atomic E-state index is -0.764. The van der Waals surface area contributed by atoms with E-state index in [-0.39, 0.29) is 31.1 Å². The molecule has 312 valence electrons. The second kappa shape index (κ2) is 42.9. The van der Waals surface area contributed by atoms with Gasteiger partial charge in [0.15, 0.2) is 6.10 Å². The Hall–Kier alpha value is -1.85. The number of hydrogen-bond donors (Lipinski definition) is 0. The Morgan fingerprint density at radius 2 is 0.623 bits per heavy atom. The minimum Gasteiger partial charge on any atom is -0.462 e. The topological polar surface area (TPSA) is 78.9 Å². The molecule has 0 heterocycles. The molecule has 0 N–H and O–H groups in total. The largest absolute Gasteiger partial charge is 0.462 e. The molecule has 0 saturated carbocycles. The molecule has 0 aliphatic carbocycles. The Balaban J connectivity index is 4.33. The predicted molar refractivity (Wildman–Crippen MR) is 224 cm³/mol. The lowest BCUT2D eigenvalue weighted by Crippen LogP contribution is -2.30. The molecule has 6 heteroatoms. The van der Waals surface area contributed by atoms with E-state index in [2.05, 4.69) is 32.9 Å². The summed E-state index contributed by atoms with van der Waals surface area (Å²) in [4.78, 5) is 37.7. The van der Waals surface area contributed by atoms with Crippen molar-refractivity contribution in [3.63, 3.8) is 0 Å². The quantitative estimate of drug-likeness (QED) is 0.0268. The fraction of sp³-hybridized carbons (Fsp3) is 0.894. The molecule has 0 rings (SSSR count). The fourth-order valence-electron chi connectivity index (χ4n) is 6.73. The van der Waals surface area contributed by atoms with Crippen LogP contribution < -0.4 is 0 Å². The van der Waals surface area contributed by atoms with Gasteiger partial charge in [0.2, 0.25) is 0 Å². The number of esters is 3. The van der Waals surface area contributed by atoms with Gasteiger partial charge in [-0.3, -0.25) is 14.4 Å². The van der Waals surface area contributed by atoms with Gasteiger partial charge in [0.1, 0.15) is 13.2 Å². The minimum absolute atomic E-state index is 0.0684. The van der Waals surface area contributed by atoms with Crippen LogP contribution in [0.5, 0.6) is 0 Å². The Bertz CT molecular complexity index is 824. The summed E-state index contributed by atoms with van der Waals surface area (Å²) in [5, 5.41) is 0. The Morgan fingerprint density at radius 1 is 0.358 bits per heavy atom. The van der Waals surface area contributed by atoms with Gasteiger partial charge in [-0.05, 0) is 44.9 Å². The highest BCUT2D eigenvalue weighted by Crippen LogP contribution is 2.15. The van der Waals surface area contributed by atoms with Crippen molar-refractivity contribution in [2.24, 2.45) is 0 Å². The van der Waals surface area contributed by atoms with Crippen LogP contribution in [0.25, 0.3) is 0 Å². The fourth-order valence-corrected chi connectivity index (χ4v) is 6.73. The van der Waals surface area contributed by atoms with E-state index in [9.17, 15) is 14.4 Å². The Kier molecular flexibility index (Phi) is 41.4. The van der Waals surface area contributed by atoms with Crippen LogP contribution in [0, 0.1) is 0 Å². The molecule has 0 aromatic heterocycles. The van der Waals surface area contributed by atoms with Crippen molar-refractivity contribution in [1.29, 1.82) is 0 Å². The molecule has 0 aromatic carbocycles. The van der Waals surface area contributed by atoms with Crippen molar-refractivity contribution in [3.8, 4) is 0 Å². The van der Waals surface area contributed by atoms with Crippen LogP contribution in [-0.2, 0) is 28.6 Å². The van der Waals surface area contributed by atoms with Gasteiger partial charge in [0, 0.05) is 19.3 Å². The average molecular weight is 749 g/mol. The lowest BCUT2D eigenvalue weighted by molar-refractivity contribution is -0.167. The lowest BCUT2D eigenvalue weighted by atomic mass is 10.0. The number of carbonyl (C=O) groups is 3. The van der Waals surface area contributed by atoms with Crippen molar-refractivity contribution in [2.45, 2.75) is 258 Å². The molecular weight excluding hydrogens is 661 g/mol. The maximum Gasteiger partial charge on any atom is 0.306 e. The predicted octanol–water partition coefficient (Wildman–Crippen LogP) is 14.6. The molecule has 0 fully saturated rings. The number of rotatable bonds is 42. The van der Waals surface area contributed by atoms with Gasteiger partial charge in [-0.15, -0.1) is 0 Å². The van der Waals surface area contributed by atoms with Gasteiger partial charge in [-0.25, -0.2) is 0 Å². The summed E-state index contributed by atoms with van der Waals surface area (Å²) in [6.45, 7) is 6.61. The van der Waals surface area contributed by atoms with Crippen molar-refractivity contribution in [2.75, 3.05) is 13.2 Å². The smallest absolute Gasteiger partial charge is 0.306 e. The van der Waals surface area contributed by atoms with Crippen LogP contribution in [0.15, 0.2) is 12.2 Å². The van der Waals surface area contributed by atoms with E-state index in [4.69, 9.17) is 14.2 Å². The first-order valence-corrected chi connectivity index (χ1v) is 23.2. The summed E-state index contributed by atoms with van der Waals surface area (Å²) in [5.41, 5.74) is 0. The summed E-state index contributed by atoms with van der Waals surface area (Å²) < 4.78 is 16.7. The summed E-state index contributed by atoms with van der Waals surface area (Å²) in [7, 11) is 0. The summed E-state index contributed by atoms with van der Waals surface area (Å²) in [6, 6.07) is 0. The molecule has 0 aliphatic heterocycles. The first-order valence-electron chi connectivity index (χ1n) is 23.2. The second-order valence-electron chi connectivity index (χ2n) is 15.7. The molecular formula is C47H88O6. The molecule has 0 bridgehead atoms. The van der Waals surface area contributed by atoms with Crippen LogP contribution >= 0.6 is 0 Å². The molecule has 0 radical (unpaired) electrons. The van der Waals surface area contributed by atoms with Gasteiger partial charge < -0.3 is 14.2 Å². The van der Waals surface area contributed by atoms with Gasteiger partial charge in [-0.1, -0.05) is 200 Å². The third-order valence-corrected chi connectivity index (χ3v) is 10.3. The van der Waals surface area contributed by atoms with Crippen LogP contribution in [0.1, 0.15) is 252 Å². The number of ether oxygens (including phenoxy) is 3. The van der Waals surface area contributed by atoms with Crippen LogP contribution in [-0.4, -0.2) is 37.2 Å². The summed E-state index contributed by atoms with van der Waals surface area (Å²) in [6.07, 6.45) is 44.7. The van der Waals surface area contributed by atoms with Crippen molar-refractivity contribution in [3.05, 3.63) is 12.2 Å². The highest BCUT2D eigenvalue weighted by molar-refractivity contribution is 5.71. The molecule has 0 aromatic rings. The third-order valence-electron chi connectivity index (χ3n) is 10.3. The normalized spacial score (nSPS) is 12.0. The zero-order chi connectivity index (χ0) is 38.7. The molecule has 0 spiro atoms. The SMILES string of the molecule is CCCCCC/C=C\CCCCCCCC(=O)OC[C@@H](COC(=O)CCCCCCCCCCC)OC(=O)CCCCCCCCCCCCCCC. The van der Waals surface area contributed by atoms with E-state index < -0.39 is 6.10 Å². The van der Waals surface area contributed by atoms with E-state index in [0.717, 1.165) is 64.2 Å². The molecule has 0 aliphatic rings. The van der Waals surface area contributed by atoms with Crippen molar-refractivity contribution >= 4 is 17.9 Å². The molecule has 1 atom stereocenters. The lowest BCUT2D eigenvalue weighted by Gasteiger charge is -2.18. The maximum atomic E-state index is 12.7. The van der Waals surface area contributed by atoms with Crippen molar-refractivity contribution in [1.82, 2.24) is 0 Å². The Labute approximate surface area is 329 Å². The van der Waals surface area contributed by atoms with Gasteiger partial charge in [-0.2, -0.15) is 0 Å². The van der Waals surface area contributed by atoms with Crippen LogP contribution in [0.3, 0.4) is 0 Å². The van der Waals surface area contributed by atoms with E-state index in [0.29, 0.717) is 19.3 Å². The zero-order valence-electron chi connectivity index (χ0n) is 35.6. The number of carbonyl (C=O) groups excluding carboxylic acids is 3. The van der Waals surface area contributed by atoms with E-state index in [1.54, 1.807) is 0 Å². The Morgan fingerprint density at radius 3 is 0.962 bits per heavy atom. The van der Waals surface area contributed by atoms with Gasteiger partial charge in [0.25, 0.3) is 0 Å². The first-order chi connectivity index (χ1) is 26.0. The molecule has 6 nitrogen and oxygen atoms in total. The summed E-state index contributed by atoms with van der Waals surface area (Å²) in [5.74, 6) is -0.871. The molecule has 0 unspecified atom stereocenters. The van der Waals surface area contributed by atoms with Crippen molar-refractivity contribution < 1.29 is 28.6 Å². The molecule has 53 heavy (non-hydrogen) atoms. The summed E-state index contributed by atoms with van der Waals surface area (Å²) >= 11 is 0. The molecule has 0 amide bonds. The molecule has 0 saturated heterocycles. The monoisotopic (exact) mass is 749 g/mol. The third kappa shape index (κ3) is 41.2. The second-order valence-corrected chi connectivity index (χ2v) is 15.7. The first kappa shape index (κ1) is 51.1. The maximum absolute atomic E-state index is 12.7. The van der Waals surface area contributed by atoms with Gasteiger partial charge in [0.05, 0.1) is 0 Å². The zero-order valence-corrected chi connectivity index (χ0v) is 35.6. The van der Waals surface area contributed by atoms with Gasteiger partial charge >= 0.3 is 17.9 Å². The number of unbranched alkanes of at least 4 members (excludes halogenated alkanes) is 29. The van der Waals surface area contributed by atoms with E-state index >= 15 is 0 Å². The van der Waals surface area contributed by atoms with Crippen LogP contribution in [0.2, 0.25) is 0 Å².